The number of carbonyl (C=O) groups is 1. The summed E-state index contributed by atoms with van der Waals surface area (Å²) in [5, 5.41) is 10.0. The molecule has 3 rings (SSSR count). The lowest BCUT2D eigenvalue weighted by atomic mass is 9.74. The quantitative estimate of drug-likeness (QED) is 0.794. The van der Waals surface area contributed by atoms with Gasteiger partial charge in [0.05, 0.1) is 26.4 Å². The zero-order valence-corrected chi connectivity index (χ0v) is 16.0. The van der Waals surface area contributed by atoms with E-state index in [1.165, 1.54) is 10.6 Å². The molecule has 1 amide bonds. The van der Waals surface area contributed by atoms with E-state index in [4.69, 9.17) is 4.74 Å². The van der Waals surface area contributed by atoms with Gasteiger partial charge in [0.15, 0.2) is 0 Å². The van der Waals surface area contributed by atoms with Crippen LogP contribution in [0.4, 0.5) is 0 Å². The molecule has 1 aromatic rings. The van der Waals surface area contributed by atoms with Crippen LogP contribution in [0, 0.1) is 11.3 Å². The van der Waals surface area contributed by atoms with E-state index in [-0.39, 0.29) is 31.4 Å². The average molecular weight is 382 g/mol. The maximum Gasteiger partial charge on any atom is 0.227 e. The number of rotatable bonds is 5. The summed E-state index contributed by atoms with van der Waals surface area (Å²) < 4.78 is 30.4. The first-order valence-electron chi connectivity index (χ1n) is 8.74. The highest BCUT2D eigenvalue weighted by atomic mass is 32.2. The van der Waals surface area contributed by atoms with E-state index in [1.54, 1.807) is 12.0 Å². The Morgan fingerprint density at radius 3 is 2.81 bits per heavy atom. The van der Waals surface area contributed by atoms with Crippen molar-refractivity contribution in [3.8, 4) is 5.75 Å². The number of aliphatic hydroxyl groups excluding tert-OH is 1. The molecular weight excluding hydrogens is 356 g/mol. The van der Waals surface area contributed by atoms with Crippen LogP contribution in [0.15, 0.2) is 24.3 Å². The summed E-state index contributed by atoms with van der Waals surface area (Å²) in [6.45, 7) is 1.57. The fourth-order valence-corrected chi connectivity index (χ4v) is 5.04. The predicted octanol–water partition coefficient (Wildman–Crippen LogP) is 0.340. The zero-order chi connectivity index (χ0) is 18.9. The molecule has 2 heterocycles. The van der Waals surface area contributed by atoms with Gasteiger partial charge in [-0.05, 0) is 30.0 Å². The summed E-state index contributed by atoms with van der Waals surface area (Å²) in [7, 11) is -1.71. The molecule has 2 fully saturated rings. The number of hydrogen-bond acceptors (Lipinski definition) is 5. The van der Waals surface area contributed by atoms with Crippen LogP contribution in [0.2, 0.25) is 0 Å². The lowest BCUT2D eigenvalue weighted by molar-refractivity contribution is -0.135. The molecule has 2 saturated heterocycles. The van der Waals surface area contributed by atoms with E-state index in [2.05, 4.69) is 0 Å². The Kier molecular flexibility index (Phi) is 5.28. The summed E-state index contributed by atoms with van der Waals surface area (Å²) in [5.74, 6) is 0.783. The maximum atomic E-state index is 12.8. The standard InChI is InChI=1S/C18H26N2O5S/c1-25-16-5-3-4-14(8-16)9-17(22)19-7-6-15-10-20(26(2,23)24)12-18(15,11-19)13-21/h3-5,8,15,21H,6-7,9-13H2,1-2H3/t15-,18+/m0/s1. The van der Waals surface area contributed by atoms with Gasteiger partial charge in [0.2, 0.25) is 15.9 Å². The number of nitrogens with zero attached hydrogens (tertiary/aromatic N) is 2. The van der Waals surface area contributed by atoms with Crippen molar-refractivity contribution in [2.75, 3.05) is 46.2 Å². The zero-order valence-electron chi connectivity index (χ0n) is 15.2. The van der Waals surface area contributed by atoms with Gasteiger partial charge >= 0.3 is 0 Å². The van der Waals surface area contributed by atoms with Gasteiger partial charge in [0.25, 0.3) is 0 Å². The van der Waals surface area contributed by atoms with Crippen LogP contribution >= 0.6 is 0 Å². The molecule has 0 spiro atoms. The van der Waals surface area contributed by atoms with Gasteiger partial charge in [0, 0.05) is 31.6 Å². The number of carbonyl (C=O) groups excluding carboxylic acids is 1. The number of benzene rings is 1. The summed E-state index contributed by atoms with van der Waals surface area (Å²) in [6.07, 6.45) is 2.16. The number of likely N-dealkylation sites (tertiary alicyclic amines) is 1. The summed E-state index contributed by atoms with van der Waals surface area (Å²) in [4.78, 5) is 14.5. The maximum absolute atomic E-state index is 12.8. The van der Waals surface area contributed by atoms with Crippen molar-refractivity contribution in [2.24, 2.45) is 11.3 Å². The largest absolute Gasteiger partial charge is 0.497 e. The van der Waals surface area contributed by atoms with Gasteiger partial charge in [-0.3, -0.25) is 4.79 Å². The van der Waals surface area contributed by atoms with Crippen molar-refractivity contribution in [2.45, 2.75) is 12.8 Å². The number of amides is 1. The number of ether oxygens (including phenoxy) is 1. The van der Waals surface area contributed by atoms with Gasteiger partial charge in [-0.1, -0.05) is 12.1 Å². The van der Waals surface area contributed by atoms with E-state index in [0.29, 0.717) is 31.8 Å². The van der Waals surface area contributed by atoms with Crippen LogP contribution in [-0.2, 0) is 21.2 Å². The van der Waals surface area contributed by atoms with E-state index < -0.39 is 15.4 Å². The van der Waals surface area contributed by atoms with E-state index in [1.807, 2.05) is 24.3 Å². The van der Waals surface area contributed by atoms with Crippen molar-refractivity contribution >= 4 is 15.9 Å². The van der Waals surface area contributed by atoms with Crippen molar-refractivity contribution in [3.63, 3.8) is 0 Å². The SMILES string of the molecule is COc1cccc(CC(=O)N2CC[C@H]3CN(S(C)(=O)=O)C[C@@]3(CO)C2)c1. The van der Waals surface area contributed by atoms with E-state index in [9.17, 15) is 18.3 Å². The molecule has 1 N–H and O–H groups in total. The van der Waals surface area contributed by atoms with Crippen LogP contribution in [0.5, 0.6) is 5.75 Å². The molecule has 0 aromatic heterocycles. The van der Waals surface area contributed by atoms with E-state index in [0.717, 1.165) is 5.56 Å². The molecular formula is C18H26N2O5S. The third-order valence-corrected chi connectivity index (χ3v) is 6.88. The Morgan fingerprint density at radius 2 is 2.15 bits per heavy atom. The number of fused-ring (bicyclic) bond motifs is 1. The Labute approximate surface area is 154 Å². The number of hydrogen-bond donors (Lipinski definition) is 1. The molecule has 26 heavy (non-hydrogen) atoms. The third-order valence-electron chi connectivity index (χ3n) is 5.66. The minimum atomic E-state index is -3.30. The molecule has 0 radical (unpaired) electrons. The minimum Gasteiger partial charge on any atom is -0.497 e. The van der Waals surface area contributed by atoms with Gasteiger partial charge in [0.1, 0.15) is 5.75 Å². The molecule has 0 aliphatic carbocycles. The first-order chi connectivity index (χ1) is 12.3. The highest BCUT2D eigenvalue weighted by molar-refractivity contribution is 7.88. The predicted molar refractivity (Wildman–Crippen MR) is 97.3 cm³/mol. The van der Waals surface area contributed by atoms with Crippen molar-refractivity contribution in [3.05, 3.63) is 29.8 Å². The molecule has 0 unspecified atom stereocenters. The Balaban J connectivity index is 1.72. The second-order valence-electron chi connectivity index (χ2n) is 7.41. The van der Waals surface area contributed by atoms with Gasteiger partial charge in [-0.2, -0.15) is 0 Å². The Bertz CT molecular complexity index is 782. The summed E-state index contributed by atoms with van der Waals surface area (Å²) in [6, 6.07) is 7.41. The fraction of sp³-hybridized carbons (Fsp3) is 0.611. The normalized spacial score (nSPS) is 26.6. The molecule has 2 aliphatic heterocycles. The third kappa shape index (κ3) is 3.72. The minimum absolute atomic E-state index is 0.0117. The second-order valence-corrected chi connectivity index (χ2v) is 9.39. The van der Waals surface area contributed by atoms with Crippen LogP contribution in [-0.4, -0.2) is 74.8 Å². The van der Waals surface area contributed by atoms with Gasteiger partial charge in [-0.25, -0.2) is 12.7 Å². The highest BCUT2D eigenvalue weighted by Crippen LogP contribution is 2.42. The van der Waals surface area contributed by atoms with Crippen LogP contribution < -0.4 is 4.74 Å². The molecule has 1 aromatic carbocycles. The monoisotopic (exact) mass is 382 g/mol. The van der Waals surface area contributed by atoms with Crippen LogP contribution in [0.3, 0.4) is 0 Å². The van der Waals surface area contributed by atoms with Crippen molar-refractivity contribution in [1.29, 1.82) is 0 Å². The molecule has 0 bridgehead atoms. The molecule has 7 nitrogen and oxygen atoms in total. The van der Waals surface area contributed by atoms with Gasteiger partial charge in [-0.15, -0.1) is 0 Å². The summed E-state index contributed by atoms with van der Waals surface area (Å²) >= 11 is 0. The first-order valence-corrected chi connectivity index (χ1v) is 10.6. The molecule has 0 saturated carbocycles. The smallest absolute Gasteiger partial charge is 0.227 e. The van der Waals surface area contributed by atoms with Gasteiger partial charge < -0.3 is 14.7 Å². The van der Waals surface area contributed by atoms with Crippen molar-refractivity contribution in [1.82, 2.24) is 9.21 Å². The molecule has 2 aliphatic rings. The number of sulfonamides is 1. The molecule has 144 valence electrons. The molecule has 8 heteroatoms. The fourth-order valence-electron chi connectivity index (χ4n) is 4.10. The van der Waals surface area contributed by atoms with Crippen LogP contribution in [0.25, 0.3) is 0 Å². The van der Waals surface area contributed by atoms with Crippen molar-refractivity contribution < 1.29 is 23.1 Å². The Hall–Kier alpha value is -1.64. The van der Waals surface area contributed by atoms with Crippen LogP contribution in [0.1, 0.15) is 12.0 Å². The Morgan fingerprint density at radius 1 is 1.38 bits per heavy atom. The number of piperidine rings is 1. The first kappa shape index (κ1) is 19.1. The lowest BCUT2D eigenvalue weighted by Gasteiger charge is -2.43. The lowest BCUT2D eigenvalue weighted by Crippen LogP contribution is -2.53. The highest BCUT2D eigenvalue weighted by Gasteiger charge is 2.52. The molecule has 2 atom stereocenters. The number of methoxy groups -OCH3 is 1. The second kappa shape index (κ2) is 7.17. The number of aliphatic hydroxyl groups is 1. The average Bonchev–Trinajstić information content (AvgIpc) is 3.01. The summed E-state index contributed by atoms with van der Waals surface area (Å²) in [5.41, 5.74) is 0.310. The topological polar surface area (TPSA) is 87.2 Å². The van der Waals surface area contributed by atoms with E-state index >= 15 is 0 Å².